The molecule has 0 amide bonds. The van der Waals surface area contributed by atoms with Crippen molar-refractivity contribution in [2.45, 2.75) is 36.9 Å². The summed E-state index contributed by atoms with van der Waals surface area (Å²) >= 11 is 1.50. The van der Waals surface area contributed by atoms with Crippen molar-refractivity contribution in [2.75, 3.05) is 5.73 Å². The molecule has 0 saturated carbocycles. The predicted molar refractivity (Wildman–Crippen MR) is 85.4 cm³/mol. The maximum absolute atomic E-state index is 5.99. The third kappa shape index (κ3) is 2.85. The topological polar surface area (TPSA) is 80.5 Å². The van der Waals surface area contributed by atoms with Crippen LogP contribution >= 0.6 is 11.8 Å². The Morgan fingerprint density at radius 3 is 2.76 bits per heavy atom. The van der Waals surface area contributed by atoms with Crippen LogP contribution in [0.2, 0.25) is 0 Å². The standard InChI is InChI=1S/C15H17N5S/c1-3-6-12-19-13(16)9(2)14(20-12)21-15-17-10-7-4-5-8-11(10)18-15/h4-5,7-8H,3,6H2,1-2H3,(H,17,18)(H2,16,19,20). The monoisotopic (exact) mass is 299 g/mol. The number of nitrogen functional groups attached to an aromatic ring is 1. The molecule has 5 nitrogen and oxygen atoms in total. The highest BCUT2D eigenvalue weighted by Crippen LogP contribution is 2.30. The van der Waals surface area contributed by atoms with Gasteiger partial charge in [-0.25, -0.2) is 15.0 Å². The lowest BCUT2D eigenvalue weighted by molar-refractivity contribution is 0.805. The maximum Gasteiger partial charge on any atom is 0.172 e. The number of rotatable bonds is 4. The molecule has 1 aromatic carbocycles. The molecule has 3 N–H and O–H groups in total. The van der Waals surface area contributed by atoms with Crippen molar-refractivity contribution >= 4 is 28.6 Å². The number of fused-ring (bicyclic) bond motifs is 1. The average molecular weight is 299 g/mol. The van der Waals surface area contributed by atoms with Crippen LogP contribution in [0.5, 0.6) is 0 Å². The molecule has 6 heteroatoms. The number of hydrogen-bond donors (Lipinski definition) is 2. The lowest BCUT2D eigenvalue weighted by Gasteiger charge is -2.07. The largest absolute Gasteiger partial charge is 0.383 e. The van der Waals surface area contributed by atoms with Crippen LogP contribution in [0.1, 0.15) is 24.7 Å². The lowest BCUT2D eigenvalue weighted by Crippen LogP contribution is -2.04. The number of aromatic nitrogens is 4. The zero-order valence-corrected chi connectivity index (χ0v) is 12.9. The summed E-state index contributed by atoms with van der Waals surface area (Å²) < 4.78 is 0. The van der Waals surface area contributed by atoms with E-state index in [4.69, 9.17) is 5.73 Å². The first-order valence-electron chi connectivity index (χ1n) is 6.93. The van der Waals surface area contributed by atoms with Crippen molar-refractivity contribution in [3.05, 3.63) is 35.7 Å². The highest BCUT2D eigenvalue weighted by molar-refractivity contribution is 7.99. The summed E-state index contributed by atoms with van der Waals surface area (Å²) in [5.41, 5.74) is 8.86. The number of nitrogens with one attached hydrogen (secondary N) is 1. The van der Waals surface area contributed by atoms with E-state index in [0.29, 0.717) is 5.82 Å². The minimum atomic E-state index is 0.548. The van der Waals surface area contributed by atoms with Crippen molar-refractivity contribution in [3.63, 3.8) is 0 Å². The molecular weight excluding hydrogens is 282 g/mol. The van der Waals surface area contributed by atoms with Crippen LogP contribution in [0.3, 0.4) is 0 Å². The fraction of sp³-hybridized carbons (Fsp3) is 0.267. The van der Waals surface area contributed by atoms with Gasteiger partial charge in [0.1, 0.15) is 16.7 Å². The van der Waals surface area contributed by atoms with E-state index in [9.17, 15) is 0 Å². The second kappa shape index (κ2) is 5.73. The van der Waals surface area contributed by atoms with Crippen LogP contribution in [0, 0.1) is 6.92 Å². The number of H-pyrrole nitrogens is 1. The summed E-state index contributed by atoms with van der Waals surface area (Å²) in [6.45, 7) is 4.04. The average Bonchev–Trinajstić information content (AvgIpc) is 2.87. The van der Waals surface area contributed by atoms with E-state index < -0.39 is 0 Å². The number of para-hydroxylation sites is 2. The van der Waals surface area contributed by atoms with Gasteiger partial charge in [-0.15, -0.1) is 0 Å². The second-order valence-corrected chi connectivity index (χ2v) is 5.84. The molecule has 0 fully saturated rings. The lowest BCUT2D eigenvalue weighted by atomic mass is 10.3. The summed E-state index contributed by atoms with van der Waals surface area (Å²) in [5.74, 6) is 1.34. The Morgan fingerprint density at radius 1 is 1.19 bits per heavy atom. The van der Waals surface area contributed by atoms with Gasteiger partial charge in [0, 0.05) is 12.0 Å². The van der Waals surface area contributed by atoms with Crippen molar-refractivity contribution in [1.29, 1.82) is 0 Å². The molecule has 0 atom stereocenters. The number of aromatic amines is 1. The molecule has 2 heterocycles. The third-order valence-corrected chi connectivity index (χ3v) is 4.20. The zero-order valence-electron chi connectivity index (χ0n) is 12.1. The van der Waals surface area contributed by atoms with E-state index in [-0.39, 0.29) is 0 Å². The number of nitrogens with two attached hydrogens (primary N) is 1. The molecular formula is C15H17N5S. The Morgan fingerprint density at radius 2 is 2.00 bits per heavy atom. The summed E-state index contributed by atoms with van der Waals surface area (Å²) in [4.78, 5) is 16.8. The molecule has 0 unspecified atom stereocenters. The number of imidazole rings is 1. The fourth-order valence-corrected chi connectivity index (χ4v) is 2.96. The van der Waals surface area contributed by atoms with Gasteiger partial charge in [-0.2, -0.15) is 0 Å². The van der Waals surface area contributed by atoms with E-state index in [1.807, 2.05) is 31.2 Å². The van der Waals surface area contributed by atoms with Gasteiger partial charge in [-0.3, -0.25) is 0 Å². The van der Waals surface area contributed by atoms with Gasteiger partial charge < -0.3 is 10.7 Å². The normalized spacial score (nSPS) is 11.1. The van der Waals surface area contributed by atoms with Crippen molar-refractivity contribution in [1.82, 2.24) is 19.9 Å². The number of aryl methyl sites for hydroxylation is 1. The number of anilines is 1. The second-order valence-electron chi connectivity index (χ2n) is 4.87. The van der Waals surface area contributed by atoms with E-state index in [2.05, 4.69) is 26.9 Å². The van der Waals surface area contributed by atoms with Gasteiger partial charge in [0.25, 0.3) is 0 Å². The Labute approximate surface area is 127 Å². The van der Waals surface area contributed by atoms with Crippen LogP contribution in [-0.2, 0) is 6.42 Å². The van der Waals surface area contributed by atoms with Crippen molar-refractivity contribution in [2.24, 2.45) is 0 Å². The minimum Gasteiger partial charge on any atom is -0.383 e. The summed E-state index contributed by atoms with van der Waals surface area (Å²) in [6, 6.07) is 7.96. The molecule has 0 radical (unpaired) electrons. The number of benzene rings is 1. The smallest absolute Gasteiger partial charge is 0.172 e. The van der Waals surface area contributed by atoms with Crippen LogP contribution < -0.4 is 5.73 Å². The molecule has 21 heavy (non-hydrogen) atoms. The molecule has 0 bridgehead atoms. The molecule has 0 aliphatic heterocycles. The minimum absolute atomic E-state index is 0.548. The molecule has 2 aromatic heterocycles. The summed E-state index contributed by atoms with van der Waals surface area (Å²) in [7, 11) is 0. The van der Waals surface area contributed by atoms with Gasteiger partial charge in [-0.1, -0.05) is 19.1 Å². The maximum atomic E-state index is 5.99. The first-order chi connectivity index (χ1) is 10.2. The molecule has 0 aliphatic carbocycles. The number of hydrogen-bond acceptors (Lipinski definition) is 5. The molecule has 3 aromatic rings. The highest BCUT2D eigenvalue weighted by Gasteiger charge is 2.12. The molecule has 0 aliphatic rings. The quantitative estimate of drug-likeness (QED) is 0.722. The van der Waals surface area contributed by atoms with Crippen LogP contribution in [0.15, 0.2) is 34.4 Å². The zero-order chi connectivity index (χ0) is 14.8. The van der Waals surface area contributed by atoms with Crippen molar-refractivity contribution in [3.8, 4) is 0 Å². The molecule has 0 saturated heterocycles. The summed E-state index contributed by atoms with van der Waals surface area (Å²) in [6.07, 6.45) is 1.83. The fourth-order valence-electron chi connectivity index (χ4n) is 2.06. The van der Waals surface area contributed by atoms with E-state index in [0.717, 1.165) is 45.4 Å². The van der Waals surface area contributed by atoms with Gasteiger partial charge in [-0.05, 0) is 37.2 Å². The third-order valence-electron chi connectivity index (χ3n) is 3.22. The van der Waals surface area contributed by atoms with Crippen molar-refractivity contribution < 1.29 is 0 Å². The molecule has 0 spiro atoms. The van der Waals surface area contributed by atoms with Crippen LogP contribution in [-0.4, -0.2) is 19.9 Å². The Kier molecular flexibility index (Phi) is 3.79. The van der Waals surface area contributed by atoms with Crippen LogP contribution in [0.4, 0.5) is 5.82 Å². The van der Waals surface area contributed by atoms with Crippen LogP contribution in [0.25, 0.3) is 11.0 Å². The highest BCUT2D eigenvalue weighted by atomic mass is 32.2. The Hall–Kier alpha value is -2.08. The first kappa shape index (κ1) is 13.9. The van der Waals surface area contributed by atoms with Gasteiger partial charge in [0.05, 0.1) is 11.0 Å². The number of nitrogens with zero attached hydrogens (tertiary/aromatic N) is 3. The van der Waals surface area contributed by atoms with E-state index in [1.165, 1.54) is 11.8 Å². The SMILES string of the molecule is CCCc1nc(N)c(C)c(Sc2nc3ccccc3[nH]2)n1. The Balaban J connectivity index is 1.96. The molecule has 3 rings (SSSR count). The first-order valence-corrected chi connectivity index (χ1v) is 7.74. The van der Waals surface area contributed by atoms with Gasteiger partial charge in [0.15, 0.2) is 5.16 Å². The predicted octanol–water partition coefficient (Wildman–Crippen LogP) is 3.35. The summed E-state index contributed by atoms with van der Waals surface area (Å²) in [5, 5.41) is 1.69. The van der Waals surface area contributed by atoms with E-state index in [1.54, 1.807) is 0 Å². The Bertz CT molecular complexity index is 748. The van der Waals surface area contributed by atoms with E-state index >= 15 is 0 Å². The molecule has 108 valence electrons. The van der Waals surface area contributed by atoms with Gasteiger partial charge in [0.2, 0.25) is 0 Å². The van der Waals surface area contributed by atoms with Gasteiger partial charge >= 0.3 is 0 Å².